The Morgan fingerprint density at radius 1 is 0.973 bits per heavy atom. The third kappa shape index (κ3) is 11.1. The van der Waals surface area contributed by atoms with E-state index in [2.05, 4.69) is 10.3 Å². The molecule has 0 radical (unpaired) electrons. The van der Waals surface area contributed by atoms with E-state index in [1.807, 2.05) is 68.7 Å². The van der Waals surface area contributed by atoms with E-state index in [0.29, 0.717) is 30.2 Å². The van der Waals surface area contributed by atoms with Crippen molar-refractivity contribution in [1.29, 1.82) is 5.26 Å². The molecule has 19 heteroatoms. The minimum atomic E-state index is -4.80. The Morgan fingerprint density at radius 3 is 2.36 bits per heavy atom. The molecule has 73 heavy (non-hydrogen) atoms. The first-order valence-corrected chi connectivity index (χ1v) is 25.4. The highest BCUT2D eigenvalue weighted by atomic mass is 32.1. The second-order valence-corrected chi connectivity index (χ2v) is 20.5. The number of benzene rings is 4. The van der Waals surface area contributed by atoms with Crippen LogP contribution in [0.3, 0.4) is 0 Å². The van der Waals surface area contributed by atoms with Crippen molar-refractivity contribution < 1.29 is 46.9 Å². The van der Waals surface area contributed by atoms with Crippen molar-refractivity contribution in [2.45, 2.75) is 103 Å². The number of alkyl halides is 3. The first-order valence-electron chi connectivity index (χ1n) is 24.1. The van der Waals surface area contributed by atoms with Gasteiger partial charge < -0.3 is 34.6 Å². The topological polar surface area (TPSA) is 169 Å². The molecule has 4 aromatic carbocycles. The van der Waals surface area contributed by atoms with Gasteiger partial charge in [0.1, 0.15) is 30.0 Å². The zero-order valence-electron chi connectivity index (χ0n) is 41.1. The van der Waals surface area contributed by atoms with Gasteiger partial charge in [-0.25, -0.2) is 4.98 Å². The summed E-state index contributed by atoms with van der Waals surface area (Å²) in [6.45, 7) is 10.6. The van der Waals surface area contributed by atoms with Gasteiger partial charge in [-0.05, 0) is 129 Å². The smallest absolute Gasteiger partial charge is 0.417 e. The Morgan fingerprint density at radius 2 is 1.68 bits per heavy atom. The van der Waals surface area contributed by atoms with Gasteiger partial charge in [0.25, 0.3) is 11.8 Å². The number of aliphatic hydroxyl groups excluding tert-OH is 1. The number of carbonyl (C=O) groups excluding carboxylic acids is 4. The molecule has 382 valence electrons. The van der Waals surface area contributed by atoms with Crippen molar-refractivity contribution in [1.82, 2.24) is 20.1 Å². The Kier molecular flexibility index (Phi) is 15.7. The van der Waals surface area contributed by atoms with E-state index in [1.54, 1.807) is 65.3 Å². The maximum absolute atomic E-state index is 14.3. The molecule has 2 N–H and O–H groups in total. The third-order valence-corrected chi connectivity index (χ3v) is 14.8. The number of fused-ring (bicyclic) bond motifs is 1. The summed E-state index contributed by atoms with van der Waals surface area (Å²) >= 11 is 7.21. The van der Waals surface area contributed by atoms with E-state index < -0.39 is 46.9 Å². The highest BCUT2D eigenvalue weighted by Gasteiger charge is 2.51. The number of hydrogen-bond donors (Lipinski definition) is 2. The van der Waals surface area contributed by atoms with Crippen LogP contribution < -0.4 is 19.9 Å². The number of thiocarbonyl (C=S) groups is 1. The van der Waals surface area contributed by atoms with Crippen molar-refractivity contribution in [3.05, 3.63) is 130 Å². The Hall–Kier alpha value is -6.72. The van der Waals surface area contributed by atoms with E-state index in [1.165, 1.54) is 11.0 Å². The van der Waals surface area contributed by atoms with Gasteiger partial charge in [0.05, 0.1) is 51.7 Å². The Balaban J connectivity index is 0.777. The van der Waals surface area contributed by atoms with Crippen LogP contribution in [-0.4, -0.2) is 98.7 Å². The van der Waals surface area contributed by atoms with Gasteiger partial charge in [-0.3, -0.25) is 24.1 Å². The van der Waals surface area contributed by atoms with E-state index in [4.69, 9.17) is 21.7 Å². The number of aryl methyl sites for hydroxylation is 2. The number of β-amino-alcohol motifs (C(OH)–C–C–N with tert-alkyl or cyclic N) is 1. The number of anilines is 2. The summed E-state index contributed by atoms with van der Waals surface area (Å²) in [4.78, 5) is 66.4. The predicted octanol–water partition coefficient (Wildman–Crippen LogP) is 8.60. The molecule has 0 spiro atoms. The number of nitriles is 1. The minimum absolute atomic E-state index is 0.0000442. The van der Waals surface area contributed by atoms with E-state index in [-0.39, 0.29) is 67.1 Å². The quantitative estimate of drug-likeness (QED) is 0.0637. The lowest BCUT2D eigenvalue weighted by Crippen LogP contribution is -2.55. The number of carbonyl (C=O) groups is 4. The molecule has 0 saturated carbocycles. The van der Waals surface area contributed by atoms with Crippen LogP contribution in [0.15, 0.2) is 90.4 Å². The van der Waals surface area contributed by atoms with Crippen molar-refractivity contribution in [2.24, 2.45) is 5.92 Å². The number of likely N-dealkylation sites (tertiary alicyclic amines) is 1. The molecule has 0 unspecified atom stereocenters. The highest BCUT2D eigenvalue weighted by Crippen LogP contribution is 2.40. The summed E-state index contributed by atoms with van der Waals surface area (Å²) in [5.41, 5.74) is 4.65. The number of aromatic nitrogens is 1. The average molecular weight is 1040 g/mol. The van der Waals surface area contributed by atoms with Gasteiger partial charge in [0.2, 0.25) is 11.8 Å². The molecule has 2 saturated heterocycles. The second-order valence-electron chi connectivity index (χ2n) is 19.3. The van der Waals surface area contributed by atoms with Gasteiger partial charge in [-0.2, -0.15) is 18.4 Å². The standard InChI is InChI=1S/C54H56F3N7O7S2/c1-32(2)46(50(68)61-30-41(65)26-45(61)48(66)59-28-35-9-12-36(13-10-35)47-33(3)60-31-73-47)62-29-38-24-34(11-20-43(38)49(62)67)8-6-7-21-70-22-23-71-42-18-16-39(17-19-42)64-52(72)63(51(69)53(64,4)5)40-15-14-37(27-58)44(25-40)54(55,56)57/h9-20,24-25,31-32,41,45-46,65H,6-8,21-23,26,28-30H2,1-5H3,(H,59,66)/t41-,45+,46+/m1/s1. The summed E-state index contributed by atoms with van der Waals surface area (Å²) in [6, 6.07) is 23.4. The van der Waals surface area contributed by atoms with Crippen LogP contribution in [0.5, 0.6) is 5.75 Å². The van der Waals surface area contributed by atoms with Crippen molar-refractivity contribution in [2.75, 3.05) is 36.2 Å². The molecule has 2 fully saturated rings. The molecule has 4 amide bonds. The number of unbranched alkanes of at least 4 members (excludes halogenated alkanes) is 1. The number of rotatable bonds is 18. The molecule has 14 nitrogen and oxygen atoms in total. The molecule has 8 rings (SSSR count). The number of thiazole rings is 1. The molecule has 3 atom stereocenters. The SMILES string of the molecule is Cc1ncsc1-c1ccc(CNC(=O)[C@@H]2C[C@@H](O)CN2C(=O)[C@H](C(C)C)N2Cc3cc(CCCCOCCOc4ccc(N5C(=S)N(c6ccc(C#N)c(C(F)(F)F)c6)C(=O)C5(C)C)cc4)ccc3C2=O)cc1. The van der Waals surface area contributed by atoms with Gasteiger partial charge in [0, 0.05) is 43.9 Å². The fourth-order valence-electron chi connectivity index (χ4n) is 9.70. The number of nitrogens with zero attached hydrogens (tertiary/aromatic N) is 6. The summed E-state index contributed by atoms with van der Waals surface area (Å²) < 4.78 is 52.9. The van der Waals surface area contributed by atoms with Gasteiger partial charge in [-0.1, -0.05) is 50.2 Å². The minimum Gasteiger partial charge on any atom is -0.491 e. The molecule has 3 aliphatic rings. The van der Waals surface area contributed by atoms with E-state index >= 15 is 0 Å². The molecular formula is C54H56F3N7O7S2. The first kappa shape index (κ1) is 52.6. The van der Waals surface area contributed by atoms with Crippen LogP contribution >= 0.6 is 23.6 Å². The maximum Gasteiger partial charge on any atom is 0.417 e. The number of ether oxygens (including phenoxy) is 2. The van der Waals surface area contributed by atoms with Crippen LogP contribution in [0.1, 0.15) is 90.8 Å². The Bertz CT molecular complexity index is 2940. The number of halogens is 3. The normalized spacial score (nSPS) is 17.9. The lowest BCUT2D eigenvalue weighted by atomic mass is 10.0. The molecule has 0 bridgehead atoms. The lowest BCUT2D eigenvalue weighted by molar-refractivity contribution is -0.143. The van der Waals surface area contributed by atoms with E-state index in [9.17, 15) is 42.7 Å². The van der Waals surface area contributed by atoms with Crippen LogP contribution in [0, 0.1) is 24.2 Å². The van der Waals surface area contributed by atoms with Crippen LogP contribution in [0.2, 0.25) is 0 Å². The van der Waals surface area contributed by atoms with Crippen molar-refractivity contribution in [3.8, 4) is 22.3 Å². The predicted molar refractivity (Wildman–Crippen MR) is 274 cm³/mol. The van der Waals surface area contributed by atoms with Gasteiger partial charge >= 0.3 is 6.18 Å². The molecule has 1 aromatic heterocycles. The first-order chi connectivity index (χ1) is 34.8. The fourth-order valence-corrected chi connectivity index (χ4v) is 11.0. The van der Waals surface area contributed by atoms with Crippen LogP contribution in [0.25, 0.3) is 10.4 Å². The maximum atomic E-state index is 14.3. The summed E-state index contributed by atoms with van der Waals surface area (Å²) in [5, 5.41) is 22.9. The lowest BCUT2D eigenvalue weighted by Gasteiger charge is -2.35. The second kappa shape index (κ2) is 21.8. The summed E-state index contributed by atoms with van der Waals surface area (Å²) in [5.74, 6) is -1.21. The summed E-state index contributed by atoms with van der Waals surface area (Å²) in [7, 11) is 0. The number of hydrogen-bond acceptors (Lipinski definition) is 11. The molecule has 3 aliphatic heterocycles. The number of aliphatic hydroxyl groups is 1. The largest absolute Gasteiger partial charge is 0.491 e. The zero-order valence-corrected chi connectivity index (χ0v) is 42.7. The van der Waals surface area contributed by atoms with Crippen LogP contribution in [-0.2, 0) is 44.8 Å². The molecule has 0 aliphatic carbocycles. The summed E-state index contributed by atoms with van der Waals surface area (Å²) in [6.07, 6.45) is -3.22. The average Bonchev–Trinajstić information content (AvgIpc) is 4.10. The fraction of sp³-hybridized carbons (Fsp3) is 0.389. The number of nitrogens with one attached hydrogen (secondary N) is 1. The van der Waals surface area contributed by atoms with Crippen LogP contribution in [0.4, 0.5) is 24.5 Å². The molecular weight excluding hydrogens is 980 g/mol. The molecule has 4 heterocycles. The third-order valence-electron chi connectivity index (χ3n) is 13.5. The van der Waals surface area contributed by atoms with E-state index in [0.717, 1.165) is 69.1 Å². The monoisotopic (exact) mass is 1040 g/mol. The van der Waals surface area contributed by atoms with Crippen molar-refractivity contribution >= 4 is 63.7 Å². The van der Waals surface area contributed by atoms with Gasteiger partial charge in [0.15, 0.2) is 5.11 Å². The molecule has 5 aromatic rings. The van der Waals surface area contributed by atoms with Crippen molar-refractivity contribution in [3.63, 3.8) is 0 Å². The van der Waals surface area contributed by atoms with Gasteiger partial charge in [-0.15, -0.1) is 11.3 Å². The number of amides is 4. The Labute approximate surface area is 431 Å². The highest BCUT2D eigenvalue weighted by molar-refractivity contribution is 7.81. The zero-order chi connectivity index (χ0) is 52.4.